The van der Waals surface area contributed by atoms with Gasteiger partial charge in [-0.3, -0.25) is 9.59 Å². The fourth-order valence-corrected chi connectivity index (χ4v) is 3.64. The minimum atomic E-state index is -1.40. The first kappa shape index (κ1) is 18.1. The zero-order valence-electron chi connectivity index (χ0n) is 14.3. The summed E-state index contributed by atoms with van der Waals surface area (Å²) in [6.07, 6.45) is 1.74. The molecule has 1 unspecified atom stereocenters. The number of aliphatic hydroxyl groups excluding tert-OH is 1. The predicted octanol–water partition coefficient (Wildman–Crippen LogP) is -0.803. The number of hydrogen-bond acceptors (Lipinski definition) is 6. The Morgan fingerprint density at radius 2 is 2.08 bits per heavy atom. The number of nitrogens with zero attached hydrogens (tertiary/aromatic N) is 4. The van der Waals surface area contributed by atoms with E-state index < -0.39 is 29.7 Å². The zero-order chi connectivity index (χ0) is 18.9. The predicted molar refractivity (Wildman–Crippen MR) is 87.8 cm³/mol. The molecule has 140 valence electrons. The molecule has 3 N–H and O–H groups in total. The first-order valence-electron chi connectivity index (χ1n) is 8.39. The zero-order valence-corrected chi connectivity index (χ0v) is 14.3. The summed E-state index contributed by atoms with van der Waals surface area (Å²) in [7, 11) is 0. The number of likely N-dealkylation sites (tertiary alicyclic amines) is 2. The van der Waals surface area contributed by atoms with Gasteiger partial charge in [-0.2, -0.15) is 0 Å². The number of β-lactam (4-membered cyclic amide) rings is 1. The first-order chi connectivity index (χ1) is 12.3. The summed E-state index contributed by atoms with van der Waals surface area (Å²) in [6, 6.07) is 0.383. The van der Waals surface area contributed by atoms with Gasteiger partial charge in [0.25, 0.3) is 5.91 Å². The van der Waals surface area contributed by atoms with Gasteiger partial charge < -0.3 is 25.3 Å². The van der Waals surface area contributed by atoms with Gasteiger partial charge in [0.15, 0.2) is 0 Å². The van der Waals surface area contributed by atoms with Crippen molar-refractivity contribution in [3.8, 4) is 0 Å². The highest BCUT2D eigenvalue weighted by atomic mass is 16.4. The second-order valence-corrected chi connectivity index (χ2v) is 6.62. The van der Waals surface area contributed by atoms with Crippen LogP contribution in [0.3, 0.4) is 0 Å². The Bertz CT molecular complexity index is 712. The van der Waals surface area contributed by atoms with Crippen LogP contribution in [0, 0.1) is 0 Å². The van der Waals surface area contributed by atoms with Crippen LogP contribution in [0.2, 0.25) is 0 Å². The summed E-state index contributed by atoms with van der Waals surface area (Å²) in [4.78, 5) is 47.7. The lowest BCUT2D eigenvalue weighted by Gasteiger charge is -2.51. The van der Waals surface area contributed by atoms with Crippen LogP contribution < -0.4 is 5.32 Å². The van der Waals surface area contributed by atoms with Crippen molar-refractivity contribution in [1.29, 1.82) is 0 Å². The van der Waals surface area contributed by atoms with E-state index in [4.69, 9.17) is 5.11 Å². The molecule has 2 aliphatic heterocycles. The maximum atomic E-state index is 12.8. The van der Waals surface area contributed by atoms with Crippen molar-refractivity contribution in [3.05, 3.63) is 24.3 Å². The van der Waals surface area contributed by atoms with E-state index in [2.05, 4.69) is 9.97 Å². The molecule has 3 heterocycles. The number of aromatic nitrogens is 2. The SMILES string of the molecule is C[C@@H](O)[C@H](NC(=O)O)C(=O)N1CCCC12CN(Cc1ncccn1)C2=O. The van der Waals surface area contributed by atoms with Crippen LogP contribution in [0.5, 0.6) is 0 Å². The second kappa shape index (κ2) is 6.87. The summed E-state index contributed by atoms with van der Waals surface area (Å²) in [6.45, 7) is 2.29. The maximum absolute atomic E-state index is 12.8. The molecule has 1 spiro atoms. The number of aliphatic hydroxyl groups is 1. The fraction of sp³-hybridized carbons (Fsp3) is 0.562. The van der Waals surface area contributed by atoms with Crippen LogP contribution in [0.25, 0.3) is 0 Å². The van der Waals surface area contributed by atoms with Crippen molar-refractivity contribution in [2.24, 2.45) is 0 Å². The number of carbonyl (C=O) groups excluding carboxylic acids is 2. The van der Waals surface area contributed by atoms with E-state index in [1.54, 1.807) is 23.4 Å². The molecule has 2 fully saturated rings. The van der Waals surface area contributed by atoms with Gasteiger partial charge in [0, 0.05) is 18.9 Å². The molecule has 3 atom stereocenters. The van der Waals surface area contributed by atoms with E-state index in [0.29, 0.717) is 31.8 Å². The Labute approximate surface area is 149 Å². The number of amides is 3. The lowest BCUT2D eigenvalue weighted by molar-refractivity contribution is -0.170. The summed E-state index contributed by atoms with van der Waals surface area (Å²) < 4.78 is 0. The van der Waals surface area contributed by atoms with Crippen LogP contribution in [0.15, 0.2) is 18.5 Å². The van der Waals surface area contributed by atoms with E-state index in [1.165, 1.54) is 11.8 Å². The average molecular weight is 363 g/mol. The number of carboxylic acid groups (broad SMARTS) is 1. The molecule has 3 amide bonds. The van der Waals surface area contributed by atoms with E-state index >= 15 is 0 Å². The minimum absolute atomic E-state index is 0.199. The minimum Gasteiger partial charge on any atom is -0.465 e. The van der Waals surface area contributed by atoms with Crippen LogP contribution >= 0.6 is 0 Å². The number of hydrogen-bond donors (Lipinski definition) is 3. The fourth-order valence-electron chi connectivity index (χ4n) is 3.64. The van der Waals surface area contributed by atoms with Gasteiger partial charge in [-0.25, -0.2) is 14.8 Å². The summed E-state index contributed by atoms with van der Waals surface area (Å²) in [5.74, 6) is -0.264. The highest BCUT2D eigenvalue weighted by molar-refractivity contribution is 5.98. The lowest BCUT2D eigenvalue weighted by atomic mass is 9.85. The molecule has 1 aromatic heterocycles. The molecular weight excluding hydrogens is 342 g/mol. The topological polar surface area (TPSA) is 136 Å². The Morgan fingerprint density at radius 1 is 1.38 bits per heavy atom. The molecular formula is C16H21N5O5. The quantitative estimate of drug-likeness (QED) is 0.583. The standard InChI is InChI=1S/C16H21N5O5/c1-10(22)12(19-15(25)26)13(23)21-7-2-4-16(21)9-20(14(16)24)8-11-17-5-3-6-18-11/h3,5-6,10,12,19,22H,2,4,7-9H2,1H3,(H,25,26)/t10-,12+,16?/m1/s1. The molecule has 0 aromatic carbocycles. The lowest BCUT2D eigenvalue weighted by Crippen LogP contribution is -2.74. The highest BCUT2D eigenvalue weighted by Gasteiger charge is 2.60. The van der Waals surface area contributed by atoms with Crippen molar-refractivity contribution in [1.82, 2.24) is 25.1 Å². The van der Waals surface area contributed by atoms with Gasteiger partial charge in [0.05, 0.1) is 19.2 Å². The van der Waals surface area contributed by atoms with Crippen LogP contribution in [0.1, 0.15) is 25.6 Å². The average Bonchev–Trinajstić information content (AvgIpc) is 3.05. The molecule has 1 aromatic rings. The Hall–Kier alpha value is -2.75. The van der Waals surface area contributed by atoms with Crippen LogP contribution in [-0.4, -0.2) is 78.7 Å². The maximum Gasteiger partial charge on any atom is 0.405 e. The molecule has 2 aliphatic rings. The van der Waals surface area contributed by atoms with E-state index in [1.807, 2.05) is 5.32 Å². The third kappa shape index (κ3) is 3.07. The molecule has 0 saturated carbocycles. The van der Waals surface area contributed by atoms with Gasteiger partial charge in [-0.05, 0) is 25.8 Å². The van der Waals surface area contributed by atoms with E-state index in [0.717, 1.165) is 0 Å². The van der Waals surface area contributed by atoms with Crippen molar-refractivity contribution < 1.29 is 24.6 Å². The Kier molecular flexibility index (Phi) is 4.77. The smallest absolute Gasteiger partial charge is 0.405 e. The van der Waals surface area contributed by atoms with Gasteiger partial charge in [0.2, 0.25) is 5.91 Å². The molecule has 10 nitrogen and oxygen atoms in total. The third-order valence-electron chi connectivity index (χ3n) is 4.87. The normalized spacial score (nSPS) is 24.3. The number of rotatable bonds is 5. The van der Waals surface area contributed by atoms with E-state index in [-0.39, 0.29) is 12.5 Å². The van der Waals surface area contributed by atoms with Gasteiger partial charge >= 0.3 is 6.09 Å². The van der Waals surface area contributed by atoms with Crippen molar-refractivity contribution in [2.75, 3.05) is 13.1 Å². The largest absolute Gasteiger partial charge is 0.465 e. The summed E-state index contributed by atoms with van der Waals surface area (Å²) >= 11 is 0. The highest BCUT2D eigenvalue weighted by Crippen LogP contribution is 2.39. The van der Waals surface area contributed by atoms with Crippen molar-refractivity contribution in [3.63, 3.8) is 0 Å². The first-order valence-corrected chi connectivity index (χ1v) is 8.39. The molecule has 0 bridgehead atoms. The monoisotopic (exact) mass is 363 g/mol. The van der Waals surface area contributed by atoms with Gasteiger partial charge in [-0.15, -0.1) is 0 Å². The molecule has 3 rings (SSSR count). The van der Waals surface area contributed by atoms with Gasteiger partial charge in [0.1, 0.15) is 17.4 Å². The summed E-state index contributed by atoms with van der Waals surface area (Å²) in [5, 5.41) is 20.7. The second-order valence-electron chi connectivity index (χ2n) is 6.62. The van der Waals surface area contributed by atoms with Crippen LogP contribution in [-0.2, 0) is 16.1 Å². The molecule has 0 radical (unpaired) electrons. The Morgan fingerprint density at radius 3 is 2.65 bits per heavy atom. The molecule has 0 aliphatic carbocycles. The number of carbonyl (C=O) groups is 3. The molecule has 2 saturated heterocycles. The summed E-state index contributed by atoms with van der Waals surface area (Å²) in [5.41, 5.74) is -0.959. The van der Waals surface area contributed by atoms with Crippen molar-refractivity contribution >= 4 is 17.9 Å². The van der Waals surface area contributed by atoms with Gasteiger partial charge in [-0.1, -0.05) is 0 Å². The van der Waals surface area contributed by atoms with Crippen molar-refractivity contribution in [2.45, 2.75) is 44.0 Å². The van der Waals surface area contributed by atoms with Crippen LogP contribution in [0.4, 0.5) is 4.79 Å². The third-order valence-corrected chi connectivity index (χ3v) is 4.87. The molecule has 26 heavy (non-hydrogen) atoms. The number of nitrogens with one attached hydrogen (secondary N) is 1. The van der Waals surface area contributed by atoms with E-state index in [9.17, 15) is 19.5 Å². The Balaban J connectivity index is 1.73. The molecule has 10 heteroatoms.